The minimum atomic E-state index is 0.00541. The normalized spacial score (nSPS) is 23.4. The fraction of sp³-hybridized carbons (Fsp3) is 0.810. The van der Waals surface area contributed by atoms with E-state index < -0.39 is 0 Å². The van der Waals surface area contributed by atoms with Gasteiger partial charge in [-0.1, -0.05) is 25.9 Å². The summed E-state index contributed by atoms with van der Waals surface area (Å²) in [5.74, 6) is 1.33. The van der Waals surface area contributed by atoms with Gasteiger partial charge in [0.2, 0.25) is 5.91 Å². The van der Waals surface area contributed by atoms with E-state index in [1.54, 1.807) is 0 Å². The molecule has 1 amide bonds. The van der Waals surface area contributed by atoms with Gasteiger partial charge in [0.05, 0.1) is 18.3 Å². The molecule has 0 radical (unpaired) electrons. The van der Waals surface area contributed by atoms with Crippen molar-refractivity contribution >= 4 is 5.91 Å². The van der Waals surface area contributed by atoms with Crippen LogP contribution in [0.3, 0.4) is 0 Å². The van der Waals surface area contributed by atoms with Crippen molar-refractivity contribution in [3.63, 3.8) is 0 Å². The lowest BCUT2D eigenvalue weighted by atomic mass is 9.76. The van der Waals surface area contributed by atoms with E-state index in [1.165, 1.54) is 12.8 Å². The Kier molecular flexibility index (Phi) is 6.26. The standard InChI is InChI=1S/C21H36N4O2/c1-6-9-25-15-21(7-10-23(4)11-8-21)13-19(25)20(26)24(5)14-17-12-18(16(2)3)22-27-17/h12,16,19H,6-11,13-15H2,1-5H3/t19-/m1/s1. The van der Waals surface area contributed by atoms with Gasteiger partial charge in [0.1, 0.15) is 0 Å². The van der Waals surface area contributed by atoms with Crippen molar-refractivity contribution < 1.29 is 9.32 Å². The zero-order valence-corrected chi connectivity index (χ0v) is 17.7. The van der Waals surface area contributed by atoms with E-state index >= 15 is 0 Å². The monoisotopic (exact) mass is 376 g/mol. The van der Waals surface area contributed by atoms with Crippen molar-refractivity contribution in [2.45, 2.75) is 65.0 Å². The molecule has 3 heterocycles. The summed E-state index contributed by atoms with van der Waals surface area (Å²) < 4.78 is 5.44. The fourth-order valence-corrected chi connectivity index (χ4v) is 4.61. The highest BCUT2D eigenvalue weighted by Gasteiger charge is 2.47. The van der Waals surface area contributed by atoms with Crippen molar-refractivity contribution in [1.29, 1.82) is 0 Å². The molecule has 2 aliphatic heterocycles. The van der Waals surface area contributed by atoms with Gasteiger partial charge in [0.15, 0.2) is 5.76 Å². The molecule has 1 spiro atoms. The molecule has 0 unspecified atom stereocenters. The Morgan fingerprint density at radius 1 is 1.41 bits per heavy atom. The number of amides is 1. The Labute approximate surface area is 163 Å². The average molecular weight is 377 g/mol. The topological polar surface area (TPSA) is 52.8 Å². The number of rotatable bonds is 6. The molecule has 2 aliphatic rings. The summed E-state index contributed by atoms with van der Waals surface area (Å²) in [6.45, 7) is 11.2. The Bertz CT molecular complexity index is 634. The number of likely N-dealkylation sites (N-methyl/N-ethyl adjacent to an activating group) is 1. The second-order valence-electron chi connectivity index (χ2n) is 9.06. The predicted molar refractivity (Wildman–Crippen MR) is 106 cm³/mol. The highest BCUT2D eigenvalue weighted by Crippen LogP contribution is 2.43. The van der Waals surface area contributed by atoms with Crippen molar-refractivity contribution in [1.82, 2.24) is 19.9 Å². The number of hydrogen-bond acceptors (Lipinski definition) is 5. The zero-order valence-electron chi connectivity index (χ0n) is 17.7. The van der Waals surface area contributed by atoms with Gasteiger partial charge >= 0.3 is 0 Å². The van der Waals surface area contributed by atoms with Gasteiger partial charge in [0.25, 0.3) is 0 Å². The Hall–Kier alpha value is -1.40. The first-order valence-corrected chi connectivity index (χ1v) is 10.5. The van der Waals surface area contributed by atoms with E-state index in [2.05, 4.69) is 42.8 Å². The number of nitrogens with zero attached hydrogens (tertiary/aromatic N) is 4. The summed E-state index contributed by atoms with van der Waals surface area (Å²) in [7, 11) is 4.09. The van der Waals surface area contributed by atoms with Gasteiger partial charge in [-0.25, -0.2) is 0 Å². The maximum Gasteiger partial charge on any atom is 0.240 e. The molecule has 6 nitrogen and oxygen atoms in total. The zero-order chi connectivity index (χ0) is 19.6. The van der Waals surface area contributed by atoms with Gasteiger partial charge in [-0.3, -0.25) is 9.69 Å². The molecule has 3 rings (SSSR count). The SMILES string of the molecule is CCCN1CC2(CCN(C)CC2)C[C@@H]1C(=O)N(C)Cc1cc(C(C)C)no1. The van der Waals surface area contributed by atoms with Crippen molar-refractivity contribution in [2.75, 3.05) is 40.3 Å². The fourth-order valence-electron chi connectivity index (χ4n) is 4.61. The molecule has 2 saturated heterocycles. The van der Waals surface area contributed by atoms with Gasteiger partial charge in [-0.15, -0.1) is 0 Å². The van der Waals surface area contributed by atoms with Crippen molar-refractivity contribution in [2.24, 2.45) is 5.41 Å². The van der Waals surface area contributed by atoms with Crippen LogP contribution in [-0.2, 0) is 11.3 Å². The van der Waals surface area contributed by atoms with E-state index in [4.69, 9.17) is 4.52 Å². The van der Waals surface area contributed by atoms with Crippen LogP contribution in [0.4, 0.5) is 0 Å². The van der Waals surface area contributed by atoms with E-state index in [9.17, 15) is 4.79 Å². The van der Waals surface area contributed by atoms with E-state index in [0.717, 1.165) is 50.5 Å². The average Bonchev–Trinajstić information content (AvgIpc) is 3.23. The van der Waals surface area contributed by atoms with Crippen LogP contribution in [0.1, 0.15) is 63.8 Å². The van der Waals surface area contributed by atoms with Crippen LogP contribution in [0, 0.1) is 5.41 Å². The molecule has 27 heavy (non-hydrogen) atoms. The molecule has 0 saturated carbocycles. The summed E-state index contributed by atoms with van der Waals surface area (Å²) in [6.07, 6.45) is 4.50. The Balaban J connectivity index is 1.67. The first kappa shape index (κ1) is 20.3. The van der Waals surface area contributed by atoms with Gasteiger partial charge < -0.3 is 14.3 Å². The number of carbonyl (C=O) groups excluding carboxylic acids is 1. The molecule has 6 heteroatoms. The highest BCUT2D eigenvalue weighted by atomic mass is 16.5. The van der Waals surface area contributed by atoms with Crippen LogP contribution in [-0.4, -0.2) is 72.1 Å². The summed E-state index contributed by atoms with van der Waals surface area (Å²) in [5, 5.41) is 4.12. The molecule has 1 atom stereocenters. The third kappa shape index (κ3) is 4.54. The van der Waals surface area contributed by atoms with Crippen LogP contribution in [0.5, 0.6) is 0 Å². The third-order valence-corrected chi connectivity index (χ3v) is 6.39. The number of likely N-dealkylation sites (tertiary alicyclic amines) is 2. The molecule has 1 aromatic heterocycles. The molecule has 1 aromatic rings. The largest absolute Gasteiger partial charge is 0.359 e. The predicted octanol–water partition coefficient (Wildman–Crippen LogP) is 2.95. The number of piperidine rings is 1. The lowest BCUT2D eigenvalue weighted by Gasteiger charge is -2.37. The lowest BCUT2D eigenvalue weighted by molar-refractivity contribution is -0.135. The third-order valence-electron chi connectivity index (χ3n) is 6.39. The molecule has 2 fully saturated rings. The molecule has 0 aromatic carbocycles. The summed E-state index contributed by atoms with van der Waals surface area (Å²) in [4.78, 5) is 19.9. The van der Waals surface area contributed by atoms with Crippen molar-refractivity contribution in [3.05, 3.63) is 17.5 Å². The summed E-state index contributed by atoms with van der Waals surface area (Å²) in [5.41, 5.74) is 1.27. The number of aromatic nitrogens is 1. The second kappa shape index (κ2) is 8.31. The van der Waals surface area contributed by atoms with Gasteiger partial charge in [0, 0.05) is 19.7 Å². The van der Waals surface area contributed by atoms with Gasteiger partial charge in [-0.2, -0.15) is 0 Å². The van der Waals surface area contributed by atoms with Crippen molar-refractivity contribution in [3.8, 4) is 0 Å². The molecule has 0 bridgehead atoms. The molecule has 152 valence electrons. The molecular formula is C21H36N4O2. The van der Waals surface area contributed by atoms with Crippen LogP contribution in [0.15, 0.2) is 10.6 Å². The molecule has 0 N–H and O–H groups in total. The number of carbonyl (C=O) groups is 1. The highest BCUT2D eigenvalue weighted by molar-refractivity contribution is 5.82. The maximum atomic E-state index is 13.3. The first-order chi connectivity index (χ1) is 12.8. The van der Waals surface area contributed by atoms with Crippen LogP contribution in [0.2, 0.25) is 0 Å². The molecular weight excluding hydrogens is 340 g/mol. The molecule has 0 aliphatic carbocycles. The van der Waals surface area contributed by atoms with Gasteiger partial charge in [-0.05, 0) is 63.7 Å². The Morgan fingerprint density at radius 2 is 2.11 bits per heavy atom. The lowest BCUT2D eigenvalue weighted by Crippen LogP contribution is -2.44. The number of hydrogen-bond donors (Lipinski definition) is 0. The first-order valence-electron chi connectivity index (χ1n) is 10.5. The van der Waals surface area contributed by atoms with Crippen LogP contribution >= 0.6 is 0 Å². The second-order valence-corrected chi connectivity index (χ2v) is 9.06. The van der Waals surface area contributed by atoms with E-state index in [-0.39, 0.29) is 11.9 Å². The summed E-state index contributed by atoms with van der Waals surface area (Å²) in [6, 6.07) is 1.98. The maximum absolute atomic E-state index is 13.3. The van der Waals surface area contributed by atoms with Crippen LogP contribution < -0.4 is 0 Å². The minimum Gasteiger partial charge on any atom is -0.359 e. The van der Waals surface area contributed by atoms with Crippen LogP contribution in [0.25, 0.3) is 0 Å². The Morgan fingerprint density at radius 3 is 2.70 bits per heavy atom. The smallest absolute Gasteiger partial charge is 0.240 e. The van der Waals surface area contributed by atoms with E-state index in [1.807, 2.05) is 18.0 Å². The summed E-state index contributed by atoms with van der Waals surface area (Å²) >= 11 is 0. The van der Waals surface area contributed by atoms with E-state index in [0.29, 0.717) is 17.9 Å². The quantitative estimate of drug-likeness (QED) is 0.764. The minimum absolute atomic E-state index is 0.00541.